The van der Waals surface area contributed by atoms with E-state index in [1.807, 2.05) is 24.4 Å². The Morgan fingerprint density at radius 3 is 2.84 bits per heavy atom. The lowest BCUT2D eigenvalue weighted by molar-refractivity contribution is -0.0161. The Hall–Kier alpha value is -2.57. The van der Waals surface area contributed by atoms with E-state index in [0.717, 1.165) is 35.9 Å². The first kappa shape index (κ1) is 15.9. The molecule has 128 valence electrons. The van der Waals surface area contributed by atoms with Gasteiger partial charge in [-0.15, -0.1) is 0 Å². The molecule has 0 aliphatic carbocycles. The highest BCUT2D eigenvalue weighted by atomic mass is 19.1. The standard InChI is InChI=1S/C19H19FN4O/c20-15-6-4-14(5-7-15)17-11-22-19(23-17)18-13-25-10-9-24(18)12-16-3-1-2-8-21-16/h1-8,11,18H,9-10,12-13H2,(H,22,23). The molecule has 25 heavy (non-hydrogen) atoms. The van der Waals surface area contributed by atoms with Crippen molar-refractivity contribution < 1.29 is 9.13 Å². The minimum absolute atomic E-state index is 0.0463. The molecule has 5 nitrogen and oxygen atoms in total. The number of morpholine rings is 1. The molecule has 1 N–H and O–H groups in total. The molecule has 3 aromatic rings. The molecule has 0 saturated carbocycles. The Bertz CT molecular complexity index is 819. The predicted octanol–water partition coefficient (Wildman–Crippen LogP) is 3.18. The van der Waals surface area contributed by atoms with E-state index in [2.05, 4.69) is 19.9 Å². The molecule has 2 aromatic heterocycles. The fraction of sp³-hybridized carbons (Fsp3) is 0.263. The van der Waals surface area contributed by atoms with E-state index in [4.69, 9.17) is 4.74 Å². The Kier molecular flexibility index (Phi) is 4.54. The highest BCUT2D eigenvalue weighted by Gasteiger charge is 2.27. The van der Waals surface area contributed by atoms with Gasteiger partial charge in [-0.2, -0.15) is 0 Å². The van der Waals surface area contributed by atoms with Crippen LogP contribution in [0.1, 0.15) is 17.6 Å². The molecule has 0 bridgehead atoms. The zero-order chi connectivity index (χ0) is 17.1. The first-order valence-electron chi connectivity index (χ1n) is 8.32. The van der Waals surface area contributed by atoms with E-state index in [9.17, 15) is 4.39 Å². The summed E-state index contributed by atoms with van der Waals surface area (Å²) < 4.78 is 18.8. The molecule has 6 heteroatoms. The number of aromatic nitrogens is 3. The summed E-state index contributed by atoms with van der Waals surface area (Å²) in [5, 5.41) is 0. The van der Waals surface area contributed by atoms with Gasteiger partial charge in [-0.05, 0) is 42.0 Å². The monoisotopic (exact) mass is 338 g/mol. The van der Waals surface area contributed by atoms with Crippen LogP contribution >= 0.6 is 0 Å². The summed E-state index contributed by atoms with van der Waals surface area (Å²) in [7, 11) is 0. The molecular weight excluding hydrogens is 319 g/mol. The van der Waals surface area contributed by atoms with Crippen LogP contribution in [0.4, 0.5) is 4.39 Å². The number of hydrogen-bond acceptors (Lipinski definition) is 4. The lowest BCUT2D eigenvalue weighted by Gasteiger charge is -2.34. The molecule has 0 amide bonds. The number of nitrogens with one attached hydrogen (secondary N) is 1. The highest BCUT2D eigenvalue weighted by Crippen LogP contribution is 2.26. The molecule has 0 radical (unpaired) electrons. The van der Waals surface area contributed by atoms with Crippen LogP contribution in [-0.4, -0.2) is 39.6 Å². The average Bonchev–Trinajstić information content (AvgIpc) is 3.14. The van der Waals surface area contributed by atoms with Crippen LogP contribution in [0.15, 0.2) is 54.9 Å². The van der Waals surface area contributed by atoms with Gasteiger partial charge in [0.15, 0.2) is 0 Å². The number of H-pyrrole nitrogens is 1. The van der Waals surface area contributed by atoms with Crippen LogP contribution in [0.5, 0.6) is 0 Å². The number of pyridine rings is 1. The normalized spacial score (nSPS) is 18.4. The van der Waals surface area contributed by atoms with Crippen molar-refractivity contribution in [3.05, 3.63) is 72.2 Å². The fourth-order valence-corrected chi connectivity index (χ4v) is 3.06. The van der Waals surface area contributed by atoms with E-state index in [0.29, 0.717) is 13.2 Å². The summed E-state index contributed by atoms with van der Waals surface area (Å²) in [6.07, 6.45) is 3.60. The van der Waals surface area contributed by atoms with Gasteiger partial charge in [0.1, 0.15) is 11.6 Å². The van der Waals surface area contributed by atoms with Gasteiger partial charge in [0.05, 0.1) is 36.8 Å². The third-order valence-corrected chi connectivity index (χ3v) is 4.40. The average molecular weight is 338 g/mol. The van der Waals surface area contributed by atoms with Crippen LogP contribution in [0.25, 0.3) is 11.3 Å². The summed E-state index contributed by atoms with van der Waals surface area (Å²) in [5.74, 6) is 0.612. The molecule has 1 fully saturated rings. The number of benzene rings is 1. The third-order valence-electron chi connectivity index (χ3n) is 4.40. The van der Waals surface area contributed by atoms with E-state index < -0.39 is 0 Å². The van der Waals surface area contributed by atoms with Crippen molar-refractivity contribution in [3.8, 4) is 11.3 Å². The van der Waals surface area contributed by atoms with Crippen molar-refractivity contribution in [2.24, 2.45) is 0 Å². The topological polar surface area (TPSA) is 54.0 Å². The summed E-state index contributed by atoms with van der Waals surface area (Å²) in [6.45, 7) is 2.87. The number of imidazole rings is 1. The molecule has 1 aliphatic heterocycles. The lowest BCUT2D eigenvalue weighted by Crippen LogP contribution is -2.39. The quantitative estimate of drug-likeness (QED) is 0.794. The molecule has 3 heterocycles. The second kappa shape index (κ2) is 7.13. The molecule has 1 aromatic carbocycles. The van der Waals surface area contributed by atoms with E-state index >= 15 is 0 Å². The SMILES string of the molecule is Fc1ccc(-c2cnc(C3COCCN3Cc3ccccn3)[nH]2)cc1. The predicted molar refractivity (Wildman–Crippen MR) is 92.2 cm³/mol. The van der Waals surface area contributed by atoms with Crippen LogP contribution in [0.2, 0.25) is 0 Å². The smallest absolute Gasteiger partial charge is 0.126 e. The van der Waals surface area contributed by atoms with E-state index in [1.165, 1.54) is 12.1 Å². The maximum Gasteiger partial charge on any atom is 0.126 e. The van der Waals surface area contributed by atoms with Crippen molar-refractivity contribution in [1.29, 1.82) is 0 Å². The van der Waals surface area contributed by atoms with E-state index in [-0.39, 0.29) is 11.9 Å². The summed E-state index contributed by atoms with van der Waals surface area (Å²) >= 11 is 0. The summed E-state index contributed by atoms with van der Waals surface area (Å²) in [5.41, 5.74) is 2.81. The van der Waals surface area contributed by atoms with Gasteiger partial charge in [0.2, 0.25) is 0 Å². The van der Waals surface area contributed by atoms with Crippen molar-refractivity contribution in [2.45, 2.75) is 12.6 Å². The fourth-order valence-electron chi connectivity index (χ4n) is 3.06. The number of aromatic amines is 1. The Morgan fingerprint density at radius 2 is 2.04 bits per heavy atom. The van der Waals surface area contributed by atoms with Crippen molar-refractivity contribution in [1.82, 2.24) is 19.9 Å². The second-order valence-corrected chi connectivity index (χ2v) is 6.07. The molecular formula is C19H19FN4O. The minimum Gasteiger partial charge on any atom is -0.378 e. The van der Waals surface area contributed by atoms with Crippen LogP contribution < -0.4 is 0 Å². The zero-order valence-electron chi connectivity index (χ0n) is 13.7. The molecule has 1 atom stereocenters. The summed E-state index contributed by atoms with van der Waals surface area (Å²) in [6, 6.07) is 12.4. The number of halogens is 1. The largest absolute Gasteiger partial charge is 0.378 e. The Balaban J connectivity index is 1.55. The van der Waals surface area contributed by atoms with Gasteiger partial charge in [-0.3, -0.25) is 9.88 Å². The van der Waals surface area contributed by atoms with Gasteiger partial charge in [0.25, 0.3) is 0 Å². The molecule has 1 unspecified atom stereocenters. The van der Waals surface area contributed by atoms with Crippen LogP contribution in [-0.2, 0) is 11.3 Å². The van der Waals surface area contributed by atoms with Gasteiger partial charge < -0.3 is 9.72 Å². The second-order valence-electron chi connectivity index (χ2n) is 6.07. The lowest BCUT2D eigenvalue weighted by atomic mass is 10.1. The van der Waals surface area contributed by atoms with E-state index in [1.54, 1.807) is 18.3 Å². The molecule has 1 aliphatic rings. The summed E-state index contributed by atoms with van der Waals surface area (Å²) in [4.78, 5) is 14.6. The maximum absolute atomic E-state index is 13.1. The Labute approximate surface area is 145 Å². The van der Waals surface area contributed by atoms with Crippen LogP contribution in [0, 0.1) is 5.82 Å². The molecule has 0 spiro atoms. The minimum atomic E-state index is -0.245. The zero-order valence-corrected chi connectivity index (χ0v) is 13.7. The van der Waals surface area contributed by atoms with Gasteiger partial charge in [-0.1, -0.05) is 6.07 Å². The number of ether oxygens (including phenoxy) is 1. The number of rotatable bonds is 4. The first-order chi connectivity index (χ1) is 12.3. The molecule has 4 rings (SSSR count). The highest BCUT2D eigenvalue weighted by molar-refractivity contribution is 5.58. The van der Waals surface area contributed by atoms with Gasteiger partial charge >= 0.3 is 0 Å². The van der Waals surface area contributed by atoms with Crippen molar-refractivity contribution >= 4 is 0 Å². The number of nitrogens with zero attached hydrogens (tertiary/aromatic N) is 3. The van der Waals surface area contributed by atoms with Gasteiger partial charge in [0, 0.05) is 19.3 Å². The van der Waals surface area contributed by atoms with Crippen LogP contribution in [0.3, 0.4) is 0 Å². The van der Waals surface area contributed by atoms with Crippen molar-refractivity contribution in [2.75, 3.05) is 19.8 Å². The first-order valence-corrected chi connectivity index (χ1v) is 8.32. The molecule has 1 saturated heterocycles. The third kappa shape index (κ3) is 3.60. The maximum atomic E-state index is 13.1. The Morgan fingerprint density at radius 1 is 1.16 bits per heavy atom. The van der Waals surface area contributed by atoms with Crippen molar-refractivity contribution in [3.63, 3.8) is 0 Å². The number of hydrogen-bond donors (Lipinski definition) is 1. The van der Waals surface area contributed by atoms with Gasteiger partial charge in [-0.25, -0.2) is 9.37 Å².